The van der Waals surface area contributed by atoms with Crippen molar-refractivity contribution in [2.75, 3.05) is 0 Å². The summed E-state index contributed by atoms with van der Waals surface area (Å²) in [6, 6.07) is 9.36. The normalized spacial score (nSPS) is 14.2. The minimum Gasteiger partial charge on any atom is -0.386 e. The lowest BCUT2D eigenvalue weighted by Gasteiger charge is -2.21. The van der Waals surface area contributed by atoms with Crippen molar-refractivity contribution in [3.8, 4) is 0 Å². The van der Waals surface area contributed by atoms with Crippen LogP contribution in [0, 0.1) is 5.82 Å². The first-order chi connectivity index (χ1) is 8.22. The van der Waals surface area contributed by atoms with Crippen molar-refractivity contribution in [2.24, 2.45) is 0 Å². The van der Waals surface area contributed by atoms with Crippen molar-refractivity contribution in [2.45, 2.75) is 12.1 Å². The Kier molecular flexibility index (Phi) is 3.40. The third-order valence-corrected chi connectivity index (χ3v) is 2.75. The molecule has 17 heavy (non-hydrogen) atoms. The summed E-state index contributed by atoms with van der Waals surface area (Å²) in [5, 5.41) is 10.2. The maximum absolute atomic E-state index is 12.8. The van der Waals surface area contributed by atoms with Crippen LogP contribution in [0.2, 0.25) is 0 Å². The fourth-order valence-electron chi connectivity index (χ4n) is 1.82. The fraction of sp³-hybridized carbons (Fsp3) is 0.143. The van der Waals surface area contributed by atoms with Crippen molar-refractivity contribution >= 4 is 0 Å². The van der Waals surface area contributed by atoms with Crippen LogP contribution in [0.25, 0.3) is 0 Å². The highest BCUT2D eigenvalue weighted by Gasteiger charge is 2.18. The molecule has 0 saturated carbocycles. The molecule has 88 valence electrons. The quantitative estimate of drug-likeness (QED) is 0.804. The van der Waals surface area contributed by atoms with E-state index in [9.17, 15) is 9.50 Å². The molecule has 0 bridgehead atoms. The second-order valence-corrected chi connectivity index (χ2v) is 3.85. The second kappa shape index (κ2) is 4.97. The van der Waals surface area contributed by atoms with Crippen molar-refractivity contribution in [1.29, 1.82) is 0 Å². The monoisotopic (exact) mass is 231 g/mol. The van der Waals surface area contributed by atoms with Gasteiger partial charge < -0.3 is 9.67 Å². The molecular formula is C14H14FNO. The number of aromatic nitrogens is 1. The number of rotatable bonds is 4. The van der Waals surface area contributed by atoms with E-state index in [1.165, 1.54) is 12.1 Å². The van der Waals surface area contributed by atoms with Crippen LogP contribution in [0.1, 0.15) is 17.7 Å². The van der Waals surface area contributed by atoms with E-state index in [4.69, 9.17) is 0 Å². The van der Waals surface area contributed by atoms with Gasteiger partial charge in [-0.15, -0.1) is 6.58 Å². The van der Waals surface area contributed by atoms with Crippen LogP contribution in [0.5, 0.6) is 0 Å². The number of nitrogens with zero attached hydrogens (tertiary/aromatic N) is 1. The maximum Gasteiger partial charge on any atom is 0.123 e. The Labute approximate surface area is 99.6 Å². The van der Waals surface area contributed by atoms with Crippen molar-refractivity contribution < 1.29 is 9.50 Å². The van der Waals surface area contributed by atoms with Crippen LogP contribution >= 0.6 is 0 Å². The molecule has 1 N–H and O–H groups in total. The van der Waals surface area contributed by atoms with Crippen molar-refractivity contribution in [3.63, 3.8) is 0 Å². The van der Waals surface area contributed by atoms with Gasteiger partial charge in [-0.1, -0.05) is 18.2 Å². The molecule has 0 aliphatic heterocycles. The SMILES string of the molecule is C=C[C@@H]([C@H](O)c1ccc(F)cc1)n1cccc1. The van der Waals surface area contributed by atoms with Crippen LogP contribution in [-0.2, 0) is 0 Å². The van der Waals surface area contributed by atoms with E-state index in [-0.39, 0.29) is 11.9 Å². The van der Waals surface area contributed by atoms with Gasteiger partial charge in [0.25, 0.3) is 0 Å². The number of aliphatic hydroxyl groups excluding tert-OH is 1. The summed E-state index contributed by atoms with van der Waals surface area (Å²) < 4.78 is 14.7. The van der Waals surface area contributed by atoms with Gasteiger partial charge in [0, 0.05) is 12.4 Å². The molecule has 2 nitrogen and oxygen atoms in total. The van der Waals surface area contributed by atoms with Crippen molar-refractivity contribution in [3.05, 3.63) is 72.8 Å². The summed E-state index contributed by atoms with van der Waals surface area (Å²) in [7, 11) is 0. The summed E-state index contributed by atoms with van der Waals surface area (Å²) >= 11 is 0. The first-order valence-corrected chi connectivity index (χ1v) is 5.41. The van der Waals surface area contributed by atoms with Gasteiger partial charge in [0.15, 0.2) is 0 Å². The van der Waals surface area contributed by atoms with Gasteiger partial charge in [-0.25, -0.2) is 4.39 Å². The highest BCUT2D eigenvalue weighted by molar-refractivity contribution is 5.21. The average molecular weight is 231 g/mol. The Balaban J connectivity index is 2.26. The molecule has 1 aromatic heterocycles. The highest BCUT2D eigenvalue weighted by Crippen LogP contribution is 2.27. The molecule has 2 rings (SSSR count). The van der Waals surface area contributed by atoms with Crippen molar-refractivity contribution in [1.82, 2.24) is 4.57 Å². The van der Waals surface area contributed by atoms with Crippen LogP contribution < -0.4 is 0 Å². The minimum absolute atomic E-state index is 0.254. The van der Waals surface area contributed by atoms with Crippen LogP contribution in [-0.4, -0.2) is 9.67 Å². The first-order valence-electron chi connectivity index (χ1n) is 5.41. The highest BCUT2D eigenvalue weighted by atomic mass is 19.1. The van der Waals surface area contributed by atoms with Gasteiger partial charge in [0.1, 0.15) is 11.9 Å². The molecule has 3 heteroatoms. The molecule has 0 amide bonds. The molecule has 2 atom stereocenters. The van der Waals surface area contributed by atoms with Gasteiger partial charge in [0.2, 0.25) is 0 Å². The molecule has 0 fully saturated rings. The second-order valence-electron chi connectivity index (χ2n) is 3.85. The molecule has 0 unspecified atom stereocenters. The Hall–Kier alpha value is -1.87. The van der Waals surface area contributed by atoms with E-state index in [0.29, 0.717) is 5.56 Å². The van der Waals surface area contributed by atoms with Gasteiger partial charge in [-0.2, -0.15) is 0 Å². The molecule has 2 aromatic rings. The summed E-state index contributed by atoms with van der Waals surface area (Å²) in [5.74, 6) is -0.308. The van der Waals surface area contributed by atoms with E-state index in [0.717, 1.165) is 0 Å². The smallest absolute Gasteiger partial charge is 0.123 e. The molecule has 0 spiro atoms. The molecule has 1 aromatic carbocycles. The van der Waals surface area contributed by atoms with Crippen LogP contribution in [0.4, 0.5) is 4.39 Å². The lowest BCUT2D eigenvalue weighted by Crippen LogP contribution is -2.14. The van der Waals surface area contributed by atoms with E-state index in [1.807, 2.05) is 29.1 Å². The standard InChI is InChI=1S/C14H14FNO/c1-2-13(16-9-3-4-10-16)14(17)11-5-7-12(15)8-6-11/h2-10,13-14,17H,1H2/t13-,14+/m0/s1. The Morgan fingerprint density at radius 1 is 1.18 bits per heavy atom. The molecule has 0 saturated heterocycles. The van der Waals surface area contributed by atoms with Gasteiger partial charge >= 0.3 is 0 Å². The minimum atomic E-state index is -0.736. The predicted molar refractivity (Wildman–Crippen MR) is 65.0 cm³/mol. The number of hydrogen-bond acceptors (Lipinski definition) is 1. The van der Waals surface area contributed by atoms with Crippen LogP contribution in [0.15, 0.2) is 61.4 Å². The topological polar surface area (TPSA) is 25.2 Å². The Bertz CT molecular complexity index is 475. The zero-order chi connectivity index (χ0) is 12.3. The van der Waals surface area contributed by atoms with Gasteiger partial charge in [-0.3, -0.25) is 0 Å². The Morgan fingerprint density at radius 2 is 1.76 bits per heavy atom. The lowest BCUT2D eigenvalue weighted by molar-refractivity contribution is 0.135. The Morgan fingerprint density at radius 3 is 2.29 bits per heavy atom. The molecule has 1 heterocycles. The van der Waals surface area contributed by atoms with Gasteiger partial charge in [0.05, 0.1) is 6.04 Å². The fourth-order valence-corrected chi connectivity index (χ4v) is 1.82. The summed E-state index contributed by atoms with van der Waals surface area (Å²) in [4.78, 5) is 0. The molecule has 0 aliphatic carbocycles. The summed E-state index contributed by atoms with van der Waals surface area (Å²) in [6.45, 7) is 3.73. The van der Waals surface area contributed by atoms with E-state index >= 15 is 0 Å². The predicted octanol–water partition coefficient (Wildman–Crippen LogP) is 3.09. The van der Waals surface area contributed by atoms with E-state index in [1.54, 1.807) is 18.2 Å². The largest absolute Gasteiger partial charge is 0.386 e. The molecule has 0 aliphatic rings. The average Bonchev–Trinajstić information content (AvgIpc) is 2.84. The lowest BCUT2D eigenvalue weighted by atomic mass is 10.0. The van der Waals surface area contributed by atoms with Crippen LogP contribution in [0.3, 0.4) is 0 Å². The summed E-state index contributed by atoms with van der Waals surface area (Å²) in [6.07, 6.45) is 4.66. The number of aliphatic hydroxyl groups is 1. The van der Waals surface area contributed by atoms with E-state index < -0.39 is 6.10 Å². The molecular weight excluding hydrogens is 217 g/mol. The molecule has 0 radical (unpaired) electrons. The maximum atomic E-state index is 12.8. The number of hydrogen-bond donors (Lipinski definition) is 1. The third kappa shape index (κ3) is 2.45. The zero-order valence-electron chi connectivity index (χ0n) is 9.33. The number of benzene rings is 1. The van der Waals surface area contributed by atoms with Gasteiger partial charge in [-0.05, 0) is 29.8 Å². The zero-order valence-corrected chi connectivity index (χ0v) is 9.33. The first kappa shape index (κ1) is 11.6. The number of halogens is 1. The van der Waals surface area contributed by atoms with E-state index in [2.05, 4.69) is 6.58 Å². The summed E-state index contributed by atoms with van der Waals surface area (Å²) in [5.41, 5.74) is 0.671. The third-order valence-electron chi connectivity index (χ3n) is 2.75.